The maximum atomic E-state index is 13.3. The predicted octanol–water partition coefficient (Wildman–Crippen LogP) is 4.74. The molecule has 4 heterocycles. The molecule has 4 aromatic heterocycles. The van der Waals surface area contributed by atoms with E-state index in [1.807, 2.05) is 25.4 Å². The quantitative estimate of drug-likeness (QED) is 0.480. The molecule has 0 aliphatic carbocycles. The largest absolute Gasteiger partial charge is 0.367 e. The van der Waals surface area contributed by atoms with Crippen molar-refractivity contribution in [2.45, 2.75) is 0 Å². The molecule has 28 heavy (non-hydrogen) atoms. The molecule has 1 aromatic carbocycles. The number of hydrogen-bond acceptors (Lipinski definition) is 6. The number of aromatic nitrogens is 4. The molecular formula is C20H14FN5OS. The lowest BCUT2D eigenvalue weighted by Gasteiger charge is -2.01. The minimum atomic E-state index is -0.308. The number of pyridine rings is 1. The summed E-state index contributed by atoms with van der Waals surface area (Å²) in [6.45, 7) is 0. The summed E-state index contributed by atoms with van der Waals surface area (Å²) in [6.07, 6.45) is 3.63. The molecule has 5 rings (SSSR count). The number of aryl methyl sites for hydroxylation is 1. The van der Waals surface area contributed by atoms with E-state index in [4.69, 9.17) is 10.3 Å². The molecule has 0 bridgehead atoms. The smallest absolute Gasteiger partial charge is 0.230 e. The van der Waals surface area contributed by atoms with Gasteiger partial charge in [0.25, 0.3) is 0 Å². The van der Waals surface area contributed by atoms with Gasteiger partial charge in [0.05, 0.1) is 16.6 Å². The summed E-state index contributed by atoms with van der Waals surface area (Å²) in [5.41, 5.74) is 9.88. The Hall–Kier alpha value is -3.52. The van der Waals surface area contributed by atoms with Gasteiger partial charge < -0.3 is 10.3 Å². The number of nitrogen functional groups attached to an aromatic ring is 1. The molecule has 0 saturated carbocycles. The van der Waals surface area contributed by atoms with Crippen LogP contribution in [0.5, 0.6) is 0 Å². The average molecular weight is 391 g/mol. The van der Waals surface area contributed by atoms with E-state index in [1.165, 1.54) is 12.1 Å². The van der Waals surface area contributed by atoms with E-state index in [0.717, 1.165) is 31.9 Å². The SMILES string of the molecule is Cn1ncc2cc(-c3ccc(-c4noc(N)c4-c4ccc(F)cc4)s3)cnc21. The Labute approximate surface area is 163 Å². The molecule has 0 amide bonds. The molecular weight excluding hydrogens is 377 g/mol. The zero-order valence-corrected chi connectivity index (χ0v) is 15.6. The van der Waals surface area contributed by atoms with Crippen LogP contribution in [0.1, 0.15) is 0 Å². The molecule has 0 saturated heterocycles. The molecule has 0 radical (unpaired) electrons. The Morgan fingerprint density at radius 3 is 2.64 bits per heavy atom. The maximum Gasteiger partial charge on any atom is 0.230 e. The number of nitrogens with zero attached hydrogens (tertiary/aromatic N) is 4. The van der Waals surface area contributed by atoms with Gasteiger partial charge in [-0.05, 0) is 35.9 Å². The molecule has 0 unspecified atom stereocenters. The Morgan fingerprint density at radius 2 is 1.82 bits per heavy atom. The third-order valence-corrected chi connectivity index (χ3v) is 5.69. The monoisotopic (exact) mass is 391 g/mol. The van der Waals surface area contributed by atoms with E-state index in [0.29, 0.717) is 11.3 Å². The molecule has 0 aliphatic heterocycles. The van der Waals surface area contributed by atoms with E-state index in [1.54, 1.807) is 34.3 Å². The lowest BCUT2D eigenvalue weighted by Crippen LogP contribution is -1.91. The first-order valence-electron chi connectivity index (χ1n) is 8.49. The Morgan fingerprint density at radius 1 is 1.04 bits per heavy atom. The van der Waals surface area contributed by atoms with E-state index < -0.39 is 0 Å². The van der Waals surface area contributed by atoms with Crippen molar-refractivity contribution in [2.24, 2.45) is 7.05 Å². The molecule has 0 spiro atoms. The standard InChI is InChI=1S/C20H14FN5OS/c1-26-20-13(10-24-26)8-12(9-23-20)15-6-7-16(28-15)18-17(19(22)27-25-18)11-2-4-14(21)5-3-11/h2-10H,22H2,1H3. The van der Waals surface area contributed by atoms with Gasteiger partial charge in [-0.1, -0.05) is 17.3 Å². The van der Waals surface area contributed by atoms with Gasteiger partial charge in [-0.2, -0.15) is 5.10 Å². The second kappa shape index (κ2) is 6.28. The molecule has 6 nitrogen and oxygen atoms in total. The summed E-state index contributed by atoms with van der Waals surface area (Å²) < 4.78 is 20.2. The minimum Gasteiger partial charge on any atom is -0.367 e. The summed E-state index contributed by atoms with van der Waals surface area (Å²) in [5, 5.41) is 9.34. The van der Waals surface area contributed by atoms with Crippen molar-refractivity contribution in [1.29, 1.82) is 0 Å². The number of benzene rings is 1. The Bertz CT molecular complexity index is 1300. The highest BCUT2D eigenvalue weighted by Gasteiger charge is 2.19. The second-order valence-electron chi connectivity index (χ2n) is 6.35. The second-order valence-corrected chi connectivity index (χ2v) is 7.43. The maximum absolute atomic E-state index is 13.3. The van der Waals surface area contributed by atoms with Gasteiger partial charge in [-0.3, -0.25) is 4.68 Å². The van der Waals surface area contributed by atoms with E-state index in [2.05, 4.69) is 21.3 Å². The van der Waals surface area contributed by atoms with Crippen LogP contribution in [0.25, 0.3) is 43.2 Å². The van der Waals surface area contributed by atoms with E-state index >= 15 is 0 Å². The van der Waals surface area contributed by atoms with Crippen molar-refractivity contribution in [2.75, 3.05) is 5.73 Å². The topological polar surface area (TPSA) is 82.8 Å². The summed E-state index contributed by atoms with van der Waals surface area (Å²) in [5.74, 6) is -0.105. The van der Waals surface area contributed by atoms with Crippen molar-refractivity contribution in [3.05, 3.63) is 60.7 Å². The number of fused-ring (bicyclic) bond motifs is 1. The molecule has 0 atom stereocenters. The minimum absolute atomic E-state index is 0.204. The summed E-state index contributed by atoms with van der Waals surface area (Å²) in [6, 6.07) is 12.1. The van der Waals surface area contributed by atoms with Gasteiger partial charge in [0.1, 0.15) is 11.5 Å². The van der Waals surface area contributed by atoms with Gasteiger partial charge in [0, 0.05) is 29.1 Å². The third kappa shape index (κ3) is 2.66. The average Bonchev–Trinajstić information content (AvgIpc) is 3.41. The van der Waals surface area contributed by atoms with Crippen molar-refractivity contribution < 1.29 is 8.91 Å². The van der Waals surface area contributed by atoms with Crippen LogP contribution >= 0.6 is 11.3 Å². The van der Waals surface area contributed by atoms with Crippen LogP contribution < -0.4 is 5.73 Å². The van der Waals surface area contributed by atoms with Gasteiger partial charge in [0.2, 0.25) is 5.88 Å². The van der Waals surface area contributed by atoms with Gasteiger partial charge in [-0.15, -0.1) is 11.3 Å². The molecule has 138 valence electrons. The van der Waals surface area contributed by atoms with Crippen LogP contribution in [-0.2, 0) is 7.05 Å². The fourth-order valence-corrected chi connectivity index (χ4v) is 4.14. The first kappa shape index (κ1) is 16.6. The Kier molecular flexibility index (Phi) is 3.73. The number of thiophene rings is 1. The highest BCUT2D eigenvalue weighted by molar-refractivity contribution is 7.18. The van der Waals surface area contributed by atoms with Gasteiger partial charge in [-0.25, -0.2) is 9.37 Å². The number of rotatable bonds is 3. The van der Waals surface area contributed by atoms with Crippen molar-refractivity contribution >= 4 is 28.3 Å². The van der Waals surface area contributed by atoms with Crippen LogP contribution in [0.3, 0.4) is 0 Å². The number of hydrogen-bond donors (Lipinski definition) is 1. The van der Waals surface area contributed by atoms with E-state index in [-0.39, 0.29) is 11.7 Å². The summed E-state index contributed by atoms with van der Waals surface area (Å²) >= 11 is 1.56. The molecule has 8 heteroatoms. The lowest BCUT2D eigenvalue weighted by molar-refractivity contribution is 0.439. The predicted molar refractivity (Wildman–Crippen MR) is 107 cm³/mol. The highest BCUT2D eigenvalue weighted by Crippen LogP contribution is 2.41. The van der Waals surface area contributed by atoms with Gasteiger partial charge in [0.15, 0.2) is 5.65 Å². The summed E-state index contributed by atoms with van der Waals surface area (Å²) in [7, 11) is 1.87. The zero-order chi connectivity index (χ0) is 19.3. The van der Waals surface area contributed by atoms with Crippen LogP contribution in [0, 0.1) is 5.82 Å². The van der Waals surface area contributed by atoms with Crippen LogP contribution in [0.15, 0.2) is 59.4 Å². The van der Waals surface area contributed by atoms with Crippen LogP contribution in [0.2, 0.25) is 0 Å². The number of halogens is 1. The molecule has 2 N–H and O–H groups in total. The molecule has 0 fully saturated rings. The first-order valence-corrected chi connectivity index (χ1v) is 9.31. The number of nitrogens with two attached hydrogens (primary N) is 1. The van der Waals surface area contributed by atoms with Crippen molar-refractivity contribution in [3.63, 3.8) is 0 Å². The highest BCUT2D eigenvalue weighted by atomic mass is 32.1. The van der Waals surface area contributed by atoms with Gasteiger partial charge >= 0.3 is 0 Å². The van der Waals surface area contributed by atoms with E-state index in [9.17, 15) is 4.39 Å². The normalized spacial score (nSPS) is 11.4. The summed E-state index contributed by atoms with van der Waals surface area (Å²) in [4.78, 5) is 6.44. The van der Waals surface area contributed by atoms with Crippen LogP contribution in [0.4, 0.5) is 10.3 Å². The molecule has 0 aliphatic rings. The first-order chi connectivity index (χ1) is 13.6. The fourth-order valence-electron chi connectivity index (χ4n) is 3.17. The van der Waals surface area contributed by atoms with Crippen LogP contribution in [-0.4, -0.2) is 19.9 Å². The lowest BCUT2D eigenvalue weighted by atomic mass is 10.0. The number of anilines is 1. The Balaban J connectivity index is 1.57. The fraction of sp³-hybridized carbons (Fsp3) is 0.0500. The van der Waals surface area contributed by atoms with Crippen molar-refractivity contribution in [1.82, 2.24) is 19.9 Å². The molecule has 5 aromatic rings. The zero-order valence-electron chi connectivity index (χ0n) is 14.8. The third-order valence-electron chi connectivity index (χ3n) is 4.55. The van der Waals surface area contributed by atoms with Crippen molar-refractivity contribution in [3.8, 4) is 32.1 Å².